The van der Waals surface area contributed by atoms with Crippen molar-refractivity contribution in [2.75, 3.05) is 0 Å². The Labute approximate surface area is 119 Å². The molecular weight excluding hydrogens is 284 g/mol. The van der Waals surface area contributed by atoms with Crippen LogP contribution in [-0.2, 0) is 9.84 Å². The predicted octanol–water partition coefficient (Wildman–Crippen LogP) is 3.05. The lowest BCUT2D eigenvalue weighted by Crippen LogP contribution is -2.47. The summed E-state index contributed by atoms with van der Waals surface area (Å²) >= 11 is 5.86. The number of benzene rings is 1. The van der Waals surface area contributed by atoms with Crippen LogP contribution < -0.4 is 0 Å². The van der Waals surface area contributed by atoms with Crippen molar-refractivity contribution in [2.24, 2.45) is 5.41 Å². The zero-order valence-corrected chi connectivity index (χ0v) is 12.7. The van der Waals surface area contributed by atoms with Crippen LogP contribution in [0.2, 0.25) is 5.02 Å². The molecule has 0 saturated heterocycles. The summed E-state index contributed by atoms with van der Waals surface area (Å²) in [6.07, 6.45) is 1.31. The Balaban J connectivity index is 2.40. The monoisotopic (exact) mass is 302 g/mol. The molecule has 1 saturated carbocycles. The third-order valence-electron chi connectivity index (χ3n) is 3.99. The van der Waals surface area contributed by atoms with Crippen LogP contribution in [0.25, 0.3) is 0 Å². The van der Waals surface area contributed by atoms with E-state index in [1.54, 1.807) is 12.1 Å². The summed E-state index contributed by atoms with van der Waals surface area (Å²) < 4.78 is 25.2. The minimum Gasteiger partial charge on any atom is -0.391 e. The quantitative estimate of drug-likeness (QED) is 0.913. The molecule has 0 aromatic heterocycles. The molecule has 0 heterocycles. The van der Waals surface area contributed by atoms with E-state index in [0.717, 1.165) is 12.8 Å². The van der Waals surface area contributed by atoms with Gasteiger partial charge in [0.15, 0.2) is 9.84 Å². The Bertz CT molecular complexity index is 566. The third-order valence-corrected chi connectivity index (χ3v) is 6.42. The van der Waals surface area contributed by atoms with Gasteiger partial charge in [0.25, 0.3) is 0 Å². The molecule has 1 N–H and O–H groups in total. The van der Waals surface area contributed by atoms with E-state index in [4.69, 9.17) is 11.6 Å². The molecule has 1 aliphatic carbocycles. The topological polar surface area (TPSA) is 54.4 Å². The van der Waals surface area contributed by atoms with Crippen molar-refractivity contribution in [2.45, 2.75) is 49.4 Å². The fraction of sp³-hybridized carbons (Fsp3) is 0.571. The smallest absolute Gasteiger partial charge is 0.183 e. The van der Waals surface area contributed by atoms with Gasteiger partial charge >= 0.3 is 0 Å². The maximum absolute atomic E-state index is 12.6. The molecule has 0 bridgehead atoms. The molecule has 2 unspecified atom stereocenters. The van der Waals surface area contributed by atoms with Gasteiger partial charge in [0.05, 0.1) is 16.2 Å². The summed E-state index contributed by atoms with van der Waals surface area (Å²) in [5.41, 5.74) is -0.367. The van der Waals surface area contributed by atoms with Crippen molar-refractivity contribution in [3.8, 4) is 0 Å². The van der Waals surface area contributed by atoms with Gasteiger partial charge in [-0.1, -0.05) is 37.9 Å². The predicted molar refractivity (Wildman–Crippen MR) is 76.1 cm³/mol. The fourth-order valence-corrected chi connectivity index (χ4v) is 5.06. The first-order valence-corrected chi connectivity index (χ1v) is 8.35. The molecular formula is C14H19ClO3S. The number of aliphatic hydroxyl groups excluding tert-OH is 1. The van der Waals surface area contributed by atoms with E-state index >= 15 is 0 Å². The van der Waals surface area contributed by atoms with Gasteiger partial charge in [-0.15, -0.1) is 0 Å². The molecule has 2 rings (SSSR count). The molecule has 2 atom stereocenters. The Morgan fingerprint density at radius 1 is 1.37 bits per heavy atom. The van der Waals surface area contributed by atoms with E-state index in [1.165, 1.54) is 12.1 Å². The van der Waals surface area contributed by atoms with E-state index < -0.39 is 21.2 Å². The van der Waals surface area contributed by atoms with Crippen molar-refractivity contribution in [3.63, 3.8) is 0 Å². The highest BCUT2D eigenvalue weighted by atomic mass is 35.5. The van der Waals surface area contributed by atoms with Crippen LogP contribution in [-0.4, -0.2) is 24.9 Å². The van der Waals surface area contributed by atoms with Gasteiger partial charge in [-0.2, -0.15) is 0 Å². The molecule has 1 fully saturated rings. The van der Waals surface area contributed by atoms with Gasteiger partial charge in [-0.25, -0.2) is 8.42 Å². The number of hydrogen-bond donors (Lipinski definition) is 1. The zero-order chi connectivity index (χ0) is 14.3. The Morgan fingerprint density at radius 3 is 2.68 bits per heavy atom. The lowest BCUT2D eigenvalue weighted by molar-refractivity contribution is 0.0167. The van der Waals surface area contributed by atoms with E-state index in [-0.39, 0.29) is 10.3 Å². The molecule has 1 aromatic rings. The number of aliphatic hydroxyl groups is 1. The summed E-state index contributed by atoms with van der Waals surface area (Å²) in [5, 5.41) is 10.0. The largest absolute Gasteiger partial charge is 0.391 e. The standard InChI is InChI=1S/C14H19ClO3S/c1-14(2)8-4-7-12(13(14)16)19(17,18)11-6-3-5-10(15)9-11/h3,5-6,9,12-13,16H,4,7-8H2,1-2H3. The normalized spacial score (nSPS) is 27.2. The molecule has 0 radical (unpaired) electrons. The first-order chi connectivity index (χ1) is 8.75. The van der Waals surface area contributed by atoms with Crippen LogP contribution in [0.15, 0.2) is 29.2 Å². The lowest BCUT2D eigenvalue weighted by Gasteiger charge is -2.40. The Kier molecular flexibility index (Phi) is 3.96. The second-order valence-corrected chi connectivity index (χ2v) is 8.47. The summed E-state index contributed by atoms with van der Waals surface area (Å²) in [7, 11) is -3.54. The van der Waals surface area contributed by atoms with Crippen LogP contribution >= 0.6 is 11.6 Å². The number of hydrogen-bond acceptors (Lipinski definition) is 3. The van der Waals surface area contributed by atoms with Crippen LogP contribution in [0, 0.1) is 5.41 Å². The molecule has 3 nitrogen and oxygen atoms in total. The number of sulfone groups is 1. The Hall–Kier alpha value is -0.580. The Morgan fingerprint density at radius 2 is 2.05 bits per heavy atom. The minimum absolute atomic E-state index is 0.196. The number of rotatable bonds is 2. The molecule has 5 heteroatoms. The maximum Gasteiger partial charge on any atom is 0.183 e. The third kappa shape index (κ3) is 2.81. The van der Waals surface area contributed by atoms with Crippen molar-refractivity contribution in [3.05, 3.63) is 29.3 Å². The van der Waals surface area contributed by atoms with Gasteiger partial charge in [-0.05, 0) is 36.5 Å². The summed E-state index contributed by atoms with van der Waals surface area (Å²) in [6, 6.07) is 6.25. The van der Waals surface area contributed by atoms with E-state index in [2.05, 4.69) is 0 Å². The second-order valence-electron chi connectivity index (χ2n) is 5.87. The zero-order valence-electron chi connectivity index (χ0n) is 11.1. The first-order valence-electron chi connectivity index (χ1n) is 6.43. The highest BCUT2D eigenvalue weighted by Gasteiger charge is 2.44. The summed E-state index contributed by atoms with van der Waals surface area (Å²) in [5.74, 6) is 0. The van der Waals surface area contributed by atoms with Gasteiger partial charge in [0.1, 0.15) is 0 Å². The number of halogens is 1. The molecule has 0 amide bonds. The van der Waals surface area contributed by atoms with Crippen LogP contribution in [0.3, 0.4) is 0 Å². The molecule has 1 aromatic carbocycles. The average Bonchev–Trinajstić information content (AvgIpc) is 2.32. The van der Waals surface area contributed by atoms with Crippen LogP contribution in [0.1, 0.15) is 33.1 Å². The van der Waals surface area contributed by atoms with Gasteiger partial charge in [-0.3, -0.25) is 0 Å². The summed E-state index contributed by atoms with van der Waals surface area (Å²) in [6.45, 7) is 3.83. The fourth-order valence-electron chi connectivity index (χ4n) is 2.71. The van der Waals surface area contributed by atoms with E-state index in [1.807, 2.05) is 13.8 Å². The van der Waals surface area contributed by atoms with Crippen molar-refractivity contribution >= 4 is 21.4 Å². The molecule has 19 heavy (non-hydrogen) atoms. The van der Waals surface area contributed by atoms with Crippen molar-refractivity contribution < 1.29 is 13.5 Å². The highest BCUT2D eigenvalue weighted by Crippen LogP contribution is 2.40. The van der Waals surface area contributed by atoms with Gasteiger partial charge in [0.2, 0.25) is 0 Å². The van der Waals surface area contributed by atoms with E-state index in [0.29, 0.717) is 11.4 Å². The van der Waals surface area contributed by atoms with Crippen LogP contribution in [0.5, 0.6) is 0 Å². The summed E-state index contributed by atoms with van der Waals surface area (Å²) in [4.78, 5) is 0.196. The minimum atomic E-state index is -3.54. The molecule has 0 spiro atoms. The van der Waals surface area contributed by atoms with Crippen LogP contribution in [0.4, 0.5) is 0 Å². The van der Waals surface area contributed by atoms with Crippen molar-refractivity contribution in [1.29, 1.82) is 0 Å². The first kappa shape index (κ1) is 14.8. The molecule has 106 valence electrons. The molecule has 0 aliphatic heterocycles. The lowest BCUT2D eigenvalue weighted by atomic mass is 9.75. The maximum atomic E-state index is 12.6. The van der Waals surface area contributed by atoms with Gasteiger partial charge in [0, 0.05) is 5.02 Å². The van der Waals surface area contributed by atoms with E-state index in [9.17, 15) is 13.5 Å². The average molecular weight is 303 g/mol. The molecule has 1 aliphatic rings. The SMILES string of the molecule is CC1(C)CCCC(S(=O)(=O)c2cccc(Cl)c2)C1O. The second kappa shape index (κ2) is 5.08. The van der Waals surface area contributed by atoms with Crippen molar-refractivity contribution in [1.82, 2.24) is 0 Å². The van der Waals surface area contributed by atoms with Gasteiger partial charge < -0.3 is 5.11 Å². The highest BCUT2D eigenvalue weighted by molar-refractivity contribution is 7.92.